The third kappa shape index (κ3) is 2.78. The predicted octanol–water partition coefficient (Wildman–Crippen LogP) is 3.98. The molecular weight excluding hydrogens is 316 g/mol. The Morgan fingerprint density at radius 3 is 2.25 bits per heavy atom. The smallest absolute Gasteiger partial charge is 0.263 e. The second-order valence-electron chi connectivity index (χ2n) is 6.86. The van der Waals surface area contributed by atoms with Gasteiger partial charge in [-0.05, 0) is 55.8 Å². The Labute approximate surface area is 147 Å². The highest BCUT2D eigenvalue weighted by molar-refractivity contribution is 7.12. The Hall–Kier alpha value is -1.65. The molecule has 1 aromatic carbocycles. The second-order valence-corrected chi connectivity index (χ2v) is 7.81. The molecule has 0 N–H and O–H groups in total. The number of carbonyl (C=O) groups excluding carboxylic acids is 1. The van der Waals surface area contributed by atoms with Crippen LogP contribution in [0.5, 0.6) is 0 Å². The minimum atomic E-state index is 0.115. The maximum absolute atomic E-state index is 12.7. The molecule has 1 aromatic heterocycles. The maximum atomic E-state index is 12.7. The number of rotatable bonds is 3. The molecule has 4 heteroatoms. The van der Waals surface area contributed by atoms with E-state index in [1.165, 1.54) is 31.5 Å². The standard InChI is InChI=1S/C20H24N2OS/c23-19(18-9-6-16-24-18)21-14-10-20(11-15-21,22-12-4-5-13-22)17-7-2-1-3-8-17/h1-3,6-9,16H,4-5,10-15H2. The summed E-state index contributed by atoms with van der Waals surface area (Å²) in [5.74, 6) is 0.202. The van der Waals surface area contributed by atoms with Gasteiger partial charge < -0.3 is 4.90 Å². The van der Waals surface area contributed by atoms with Crippen LogP contribution >= 0.6 is 11.3 Å². The molecule has 3 nitrogen and oxygen atoms in total. The molecule has 0 aliphatic carbocycles. The fourth-order valence-electron chi connectivity index (χ4n) is 4.32. The van der Waals surface area contributed by atoms with Crippen molar-refractivity contribution in [3.63, 3.8) is 0 Å². The summed E-state index contributed by atoms with van der Waals surface area (Å²) < 4.78 is 0. The normalized spacial score (nSPS) is 21.1. The fourth-order valence-corrected chi connectivity index (χ4v) is 5.01. The van der Waals surface area contributed by atoms with E-state index >= 15 is 0 Å². The van der Waals surface area contributed by atoms with Gasteiger partial charge in [-0.3, -0.25) is 9.69 Å². The molecule has 2 aliphatic rings. The summed E-state index contributed by atoms with van der Waals surface area (Å²) in [5, 5.41) is 1.98. The van der Waals surface area contributed by atoms with Crippen LogP contribution in [0.3, 0.4) is 0 Å². The molecule has 126 valence electrons. The molecule has 2 saturated heterocycles. The van der Waals surface area contributed by atoms with Crippen LogP contribution in [0.25, 0.3) is 0 Å². The van der Waals surface area contributed by atoms with Gasteiger partial charge >= 0.3 is 0 Å². The number of carbonyl (C=O) groups is 1. The number of hydrogen-bond acceptors (Lipinski definition) is 3. The molecule has 0 unspecified atom stereocenters. The average Bonchev–Trinajstić information content (AvgIpc) is 3.36. The van der Waals surface area contributed by atoms with Crippen molar-refractivity contribution >= 4 is 17.2 Å². The quantitative estimate of drug-likeness (QED) is 0.844. The maximum Gasteiger partial charge on any atom is 0.263 e. The lowest BCUT2D eigenvalue weighted by molar-refractivity contribution is 0.0297. The van der Waals surface area contributed by atoms with Crippen molar-refractivity contribution < 1.29 is 4.79 Å². The van der Waals surface area contributed by atoms with Gasteiger partial charge in [-0.2, -0.15) is 0 Å². The highest BCUT2D eigenvalue weighted by atomic mass is 32.1. The Morgan fingerprint density at radius 1 is 0.917 bits per heavy atom. The van der Waals surface area contributed by atoms with Crippen LogP contribution in [0.1, 0.15) is 40.9 Å². The monoisotopic (exact) mass is 340 g/mol. The number of nitrogens with zero attached hydrogens (tertiary/aromatic N) is 2. The van der Waals surface area contributed by atoms with Crippen LogP contribution in [-0.4, -0.2) is 41.9 Å². The zero-order chi connectivity index (χ0) is 16.4. The minimum absolute atomic E-state index is 0.115. The van der Waals surface area contributed by atoms with E-state index in [1.807, 2.05) is 22.4 Å². The first-order valence-electron chi connectivity index (χ1n) is 8.93. The van der Waals surface area contributed by atoms with Gasteiger partial charge in [0.05, 0.1) is 4.88 Å². The van der Waals surface area contributed by atoms with E-state index in [1.54, 1.807) is 11.3 Å². The van der Waals surface area contributed by atoms with Gasteiger partial charge in [0.2, 0.25) is 0 Å². The zero-order valence-corrected chi connectivity index (χ0v) is 14.8. The third-order valence-corrected chi connectivity index (χ3v) is 6.49. The number of thiophene rings is 1. The summed E-state index contributed by atoms with van der Waals surface area (Å²) in [6.45, 7) is 4.08. The molecule has 0 atom stereocenters. The highest BCUT2D eigenvalue weighted by Gasteiger charge is 2.43. The van der Waals surface area contributed by atoms with Crippen LogP contribution in [-0.2, 0) is 5.54 Å². The Balaban J connectivity index is 1.56. The van der Waals surface area contributed by atoms with E-state index in [0.717, 1.165) is 30.8 Å². The lowest BCUT2D eigenvalue weighted by atomic mass is 9.79. The van der Waals surface area contributed by atoms with Crippen LogP contribution in [0.4, 0.5) is 0 Å². The number of hydrogen-bond donors (Lipinski definition) is 0. The van der Waals surface area contributed by atoms with Crippen molar-refractivity contribution in [2.75, 3.05) is 26.2 Å². The number of benzene rings is 1. The molecule has 4 rings (SSSR count). The second kappa shape index (κ2) is 6.69. The van der Waals surface area contributed by atoms with Crippen molar-refractivity contribution in [1.82, 2.24) is 9.80 Å². The number of amides is 1. The van der Waals surface area contributed by atoms with Crippen molar-refractivity contribution in [3.05, 3.63) is 58.3 Å². The molecule has 3 heterocycles. The van der Waals surface area contributed by atoms with Gasteiger partial charge in [-0.15, -0.1) is 11.3 Å². The van der Waals surface area contributed by atoms with Gasteiger partial charge in [-0.25, -0.2) is 0 Å². The molecule has 24 heavy (non-hydrogen) atoms. The molecule has 0 bridgehead atoms. The van der Waals surface area contributed by atoms with E-state index in [0.29, 0.717) is 0 Å². The largest absolute Gasteiger partial charge is 0.338 e. The van der Waals surface area contributed by atoms with Crippen LogP contribution in [0, 0.1) is 0 Å². The predicted molar refractivity (Wildman–Crippen MR) is 98.4 cm³/mol. The van der Waals surface area contributed by atoms with Gasteiger partial charge in [0, 0.05) is 18.6 Å². The summed E-state index contributed by atoms with van der Waals surface area (Å²) in [7, 11) is 0. The van der Waals surface area contributed by atoms with E-state index < -0.39 is 0 Å². The van der Waals surface area contributed by atoms with Crippen molar-refractivity contribution in [1.29, 1.82) is 0 Å². The Kier molecular flexibility index (Phi) is 4.42. The first-order valence-corrected chi connectivity index (χ1v) is 9.81. The topological polar surface area (TPSA) is 23.6 Å². The fraction of sp³-hybridized carbons (Fsp3) is 0.450. The van der Waals surface area contributed by atoms with E-state index in [4.69, 9.17) is 0 Å². The molecule has 0 spiro atoms. The minimum Gasteiger partial charge on any atom is -0.338 e. The van der Waals surface area contributed by atoms with Crippen LogP contribution in [0.2, 0.25) is 0 Å². The van der Waals surface area contributed by atoms with Crippen LogP contribution < -0.4 is 0 Å². The molecule has 0 radical (unpaired) electrons. The highest BCUT2D eigenvalue weighted by Crippen LogP contribution is 2.41. The van der Waals surface area contributed by atoms with E-state index in [2.05, 4.69) is 35.2 Å². The SMILES string of the molecule is O=C(c1cccs1)N1CCC(c2ccccc2)(N2CCCC2)CC1. The van der Waals surface area contributed by atoms with Gasteiger partial charge in [-0.1, -0.05) is 36.4 Å². The molecular formula is C20H24N2OS. The molecule has 2 aliphatic heterocycles. The molecule has 2 aromatic rings. The molecule has 0 saturated carbocycles. The van der Waals surface area contributed by atoms with Gasteiger partial charge in [0.1, 0.15) is 0 Å². The van der Waals surface area contributed by atoms with E-state index in [9.17, 15) is 4.79 Å². The average molecular weight is 340 g/mol. The van der Waals surface area contributed by atoms with Crippen molar-refractivity contribution in [3.8, 4) is 0 Å². The molecule has 2 fully saturated rings. The van der Waals surface area contributed by atoms with Crippen molar-refractivity contribution in [2.24, 2.45) is 0 Å². The zero-order valence-electron chi connectivity index (χ0n) is 14.0. The summed E-state index contributed by atoms with van der Waals surface area (Å²) in [6.07, 6.45) is 4.67. The number of piperidine rings is 1. The summed E-state index contributed by atoms with van der Waals surface area (Å²) in [6, 6.07) is 14.8. The van der Waals surface area contributed by atoms with Crippen LogP contribution in [0.15, 0.2) is 47.8 Å². The van der Waals surface area contributed by atoms with Gasteiger partial charge in [0.25, 0.3) is 5.91 Å². The Morgan fingerprint density at radius 2 is 1.62 bits per heavy atom. The summed E-state index contributed by atoms with van der Waals surface area (Å²) in [4.78, 5) is 18.2. The molecule has 1 amide bonds. The van der Waals surface area contributed by atoms with Crippen molar-refractivity contribution in [2.45, 2.75) is 31.2 Å². The lowest BCUT2D eigenvalue weighted by Crippen LogP contribution is -2.53. The first-order chi connectivity index (χ1) is 11.8. The Bertz CT molecular complexity index is 669. The lowest BCUT2D eigenvalue weighted by Gasteiger charge is -2.48. The third-order valence-electron chi connectivity index (χ3n) is 5.63. The summed E-state index contributed by atoms with van der Waals surface area (Å²) in [5.41, 5.74) is 1.54. The first kappa shape index (κ1) is 15.9. The van der Waals surface area contributed by atoms with Gasteiger partial charge in [0.15, 0.2) is 0 Å². The summed E-state index contributed by atoms with van der Waals surface area (Å²) >= 11 is 1.54. The van der Waals surface area contributed by atoms with E-state index in [-0.39, 0.29) is 11.4 Å². The number of likely N-dealkylation sites (tertiary alicyclic amines) is 2.